The lowest BCUT2D eigenvalue weighted by atomic mass is 10.1. The molecule has 1 aromatic heterocycles. The van der Waals surface area contributed by atoms with Gasteiger partial charge in [-0.1, -0.05) is 75.7 Å². The van der Waals surface area contributed by atoms with E-state index in [2.05, 4.69) is 120 Å². The summed E-state index contributed by atoms with van der Waals surface area (Å²) in [6.45, 7) is 13.9. The Kier molecular flexibility index (Phi) is 18.6. The van der Waals surface area contributed by atoms with E-state index in [0.29, 0.717) is 13.1 Å². The number of anilines is 2. The summed E-state index contributed by atoms with van der Waals surface area (Å²) in [6.07, 6.45) is 16.0. The van der Waals surface area contributed by atoms with E-state index in [1.807, 2.05) is 58.1 Å². The predicted octanol–water partition coefficient (Wildman–Crippen LogP) is 7.84. The van der Waals surface area contributed by atoms with Crippen molar-refractivity contribution in [2.45, 2.75) is 34.2 Å². The van der Waals surface area contributed by atoms with Gasteiger partial charge in [0.1, 0.15) is 6.61 Å². The lowest BCUT2D eigenvalue weighted by Crippen LogP contribution is -2.38. The van der Waals surface area contributed by atoms with Crippen LogP contribution in [0.4, 0.5) is 11.4 Å². The van der Waals surface area contributed by atoms with Crippen LogP contribution in [-0.4, -0.2) is 73.9 Å². The highest BCUT2D eigenvalue weighted by Gasteiger charge is 2.11. The molecule has 2 N–H and O–H groups in total. The van der Waals surface area contributed by atoms with Crippen LogP contribution in [0.5, 0.6) is 0 Å². The lowest BCUT2D eigenvalue weighted by Gasteiger charge is -2.24. The van der Waals surface area contributed by atoms with E-state index in [-0.39, 0.29) is 13.2 Å². The molecule has 8 heteroatoms. The van der Waals surface area contributed by atoms with E-state index >= 15 is 0 Å². The molecular formula is C40H53N4O2S2+. The van der Waals surface area contributed by atoms with Gasteiger partial charge in [-0.05, 0) is 81.3 Å². The molecule has 0 fully saturated rings. The number of aliphatic hydroxyl groups excluding tert-OH is 2. The Morgan fingerprint density at radius 2 is 1.35 bits per heavy atom. The predicted molar refractivity (Wildman–Crippen MR) is 213 cm³/mol. The first-order valence-corrected chi connectivity index (χ1v) is 19.3. The fourth-order valence-electron chi connectivity index (χ4n) is 5.20. The van der Waals surface area contributed by atoms with Crippen LogP contribution in [0.1, 0.15) is 44.5 Å². The maximum Gasteiger partial charge on any atom is 0.208 e. The highest BCUT2D eigenvalue weighted by molar-refractivity contribution is 8.76. The van der Waals surface area contributed by atoms with Crippen LogP contribution in [0.3, 0.4) is 0 Å². The molecule has 3 rings (SSSR count). The van der Waals surface area contributed by atoms with Crippen molar-refractivity contribution in [1.29, 1.82) is 0 Å². The first-order chi connectivity index (χ1) is 23.5. The van der Waals surface area contributed by atoms with Crippen LogP contribution in [0.25, 0.3) is 17.7 Å². The number of nitrogens with zero attached hydrogens (tertiary/aromatic N) is 4. The number of rotatable bonds is 21. The maximum absolute atomic E-state index is 9.41. The molecular weight excluding hydrogens is 633 g/mol. The Morgan fingerprint density at radius 1 is 0.750 bits per heavy atom. The number of aliphatic hydroxyl groups is 2. The average molecular weight is 686 g/mol. The molecule has 0 unspecified atom stereocenters. The Morgan fingerprint density at radius 3 is 1.92 bits per heavy atom. The molecule has 256 valence electrons. The second kappa shape index (κ2) is 22.9. The van der Waals surface area contributed by atoms with Crippen molar-refractivity contribution >= 4 is 56.9 Å². The van der Waals surface area contributed by atoms with E-state index in [9.17, 15) is 5.11 Å². The molecule has 0 atom stereocenters. The normalized spacial score (nSPS) is 12.5. The first kappa shape index (κ1) is 38.9. The number of aliphatic imine (C=N–C) groups is 1. The maximum atomic E-state index is 9.41. The minimum absolute atomic E-state index is 0.0779. The second-order valence-corrected chi connectivity index (χ2v) is 13.9. The number of aromatic nitrogens is 1. The molecule has 48 heavy (non-hydrogen) atoms. The standard InChI is InChI=1S/C40H53N4O2S2/c1-5-42(38-18-14-36(15-19-38)32-34(3)12-8-7-10-22-41-23-28-45)26-30-47-48-31-27-43(6-2)39-20-16-37(17-21-39)33-35(4)40-13-9-11-24-44(40)25-29-46/h7-22,24,32-33,45-46H,5-6,23,25-31H2,1-4H3/q+1/b10-7-,12-8+,34-32+,41-22?. The van der Waals surface area contributed by atoms with Crippen molar-refractivity contribution < 1.29 is 14.8 Å². The molecule has 0 amide bonds. The summed E-state index contributed by atoms with van der Waals surface area (Å²) in [6, 6.07) is 23.8. The summed E-state index contributed by atoms with van der Waals surface area (Å²) < 4.78 is 2.09. The summed E-state index contributed by atoms with van der Waals surface area (Å²) in [5, 5.41) is 18.2. The van der Waals surface area contributed by atoms with Crippen LogP contribution < -0.4 is 14.4 Å². The molecule has 0 aliphatic carbocycles. The Labute approximate surface area is 296 Å². The third kappa shape index (κ3) is 13.9. The van der Waals surface area contributed by atoms with Crippen LogP contribution in [0.15, 0.2) is 108 Å². The van der Waals surface area contributed by atoms with Crippen molar-refractivity contribution in [2.24, 2.45) is 4.99 Å². The van der Waals surface area contributed by atoms with E-state index in [4.69, 9.17) is 5.11 Å². The molecule has 0 saturated heterocycles. The fourth-order valence-corrected chi connectivity index (χ4v) is 7.18. The number of hydrogen-bond donors (Lipinski definition) is 2. The monoisotopic (exact) mass is 685 g/mol. The Hall–Kier alpha value is -3.56. The van der Waals surface area contributed by atoms with Gasteiger partial charge >= 0.3 is 0 Å². The Balaban J connectivity index is 1.42. The number of pyridine rings is 1. The third-order valence-corrected chi connectivity index (χ3v) is 10.1. The van der Waals surface area contributed by atoms with E-state index < -0.39 is 0 Å². The van der Waals surface area contributed by atoms with Gasteiger partial charge in [-0.25, -0.2) is 0 Å². The van der Waals surface area contributed by atoms with Gasteiger partial charge in [-0.3, -0.25) is 4.99 Å². The van der Waals surface area contributed by atoms with Gasteiger partial charge in [0.15, 0.2) is 12.7 Å². The largest absolute Gasteiger partial charge is 0.394 e. The average Bonchev–Trinajstić information content (AvgIpc) is 3.10. The van der Waals surface area contributed by atoms with Crippen molar-refractivity contribution in [1.82, 2.24) is 0 Å². The SMILES string of the molecule is CCN(CCSSCCN(CC)c1ccc(/C=C(\C)c2cccc[n+]2CCO)cc1)c1ccc(/C=C(C)/C=C/C=C\C=NCCO)cc1. The number of benzene rings is 2. The van der Waals surface area contributed by atoms with Gasteiger partial charge in [0.2, 0.25) is 5.69 Å². The zero-order valence-electron chi connectivity index (χ0n) is 29.0. The Bertz CT molecular complexity index is 1500. The van der Waals surface area contributed by atoms with Crippen molar-refractivity contribution in [3.63, 3.8) is 0 Å². The molecule has 2 aromatic carbocycles. The van der Waals surface area contributed by atoms with Crippen LogP contribution in [0, 0.1) is 0 Å². The van der Waals surface area contributed by atoms with Crippen LogP contribution in [-0.2, 0) is 6.54 Å². The van der Waals surface area contributed by atoms with Gasteiger partial charge in [-0.2, -0.15) is 4.57 Å². The summed E-state index contributed by atoms with van der Waals surface area (Å²) in [5.74, 6) is 2.15. The number of hydrogen-bond acceptors (Lipinski definition) is 7. The van der Waals surface area contributed by atoms with Gasteiger partial charge in [0, 0.05) is 73.0 Å². The lowest BCUT2D eigenvalue weighted by molar-refractivity contribution is -0.700. The zero-order chi connectivity index (χ0) is 34.4. The van der Waals surface area contributed by atoms with E-state index in [1.165, 1.54) is 33.6 Å². The van der Waals surface area contributed by atoms with Gasteiger partial charge in [-0.15, -0.1) is 0 Å². The molecule has 0 radical (unpaired) electrons. The number of allylic oxidation sites excluding steroid dienone is 6. The van der Waals surface area contributed by atoms with E-state index in [1.54, 1.807) is 6.21 Å². The molecule has 0 bridgehead atoms. The van der Waals surface area contributed by atoms with Gasteiger partial charge in [0.05, 0.1) is 13.2 Å². The fraction of sp³-hybridized carbons (Fsp3) is 0.350. The molecule has 0 spiro atoms. The minimum Gasteiger partial charge on any atom is -0.394 e. The smallest absolute Gasteiger partial charge is 0.208 e. The molecule has 3 aromatic rings. The molecule has 0 aliphatic heterocycles. The molecule has 6 nitrogen and oxygen atoms in total. The highest BCUT2D eigenvalue weighted by atomic mass is 33.1. The van der Waals surface area contributed by atoms with Gasteiger partial charge in [0.25, 0.3) is 0 Å². The first-order valence-electron chi connectivity index (χ1n) is 16.8. The van der Waals surface area contributed by atoms with Crippen LogP contribution >= 0.6 is 21.6 Å². The zero-order valence-corrected chi connectivity index (χ0v) is 30.7. The van der Waals surface area contributed by atoms with E-state index in [0.717, 1.165) is 43.4 Å². The van der Waals surface area contributed by atoms with Crippen molar-refractivity contribution in [2.75, 3.05) is 67.2 Å². The minimum atomic E-state index is 0.0779. The van der Waals surface area contributed by atoms with Crippen molar-refractivity contribution in [3.8, 4) is 0 Å². The van der Waals surface area contributed by atoms with Gasteiger partial charge < -0.3 is 20.0 Å². The summed E-state index contributed by atoms with van der Waals surface area (Å²) in [4.78, 5) is 8.93. The quantitative estimate of drug-likeness (QED) is 0.0392. The van der Waals surface area contributed by atoms with Crippen molar-refractivity contribution in [3.05, 3.63) is 120 Å². The summed E-state index contributed by atoms with van der Waals surface area (Å²) in [5.41, 5.74) is 8.36. The molecule has 0 saturated carbocycles. The topological polar surface area (TPSA) is 63.2 Å². The highest BCUT2D eigenvalue weighted by Crippen LogP contribution is 2.25. The molecule has 0 aliphatic rings. The summed E-state index contributed by atoms with van der Waals surface area (Å²) in [7, 11) is 3.92. The van der Waals surface area contributed by atoms with Crippen LogP contribution in [0.2, 0.25) is 0 Å². The summed E-state index contributed by atoms with van der Waals surface area (Å²) >= 11 is 0. The third-order valence-electron chi connectivity index (χ3n) is 7.72. The molecule has 1 heterocycles. The second-order valence-electron chi connectivity index (χ2n) is 11.2.